The van der Waals surface area contributed by atoms with E-state index in [-0.39, 0.29) is 11.7 Å². The maximum atomic E-state index is 13.5. The number of carbonyl (C=O) groups excluding carboxylic acids is 1. The first-order chi connectivity index (χ1) is 15.8. The highest BCUT2D eigenvalue weighted by molar-refractivity contribution is 6.12. The predicted octanol–water partition coefficient (Wildman–Crippen LogP) is 7.04. The smallest absolute Gasteiger partial charge is 0.416 e. The number of furan rings is 1. The first kappa shape index (κ1) is 20.9. The molecule has 0 aliphatic carbocycles. The van der Waals surface area contributed by atoms with E-state index in [0.717, 1.165) is 17.7 Å². The molecule has 7 heteroatoms. The predicted molar refractivity (Wildman–Crippen MR) is 120 cm³/mol. The van der Waals surface area contributed by atoms with Crippen LogP contribution in [0.25, 0.3) is 11.3 Å². The van der Waals surface area contributed by atoms with Gasteiger partial charge in [0.2, 0.25) is 0 Å². The number of hydrogen-bond donors (Lipinski definition) is 1. The van der Waals surface area contributed by atoms with E-state index in [0.29, 0.717) is 28.3 Å². The number of benzene rings is 3. The molecule has 0 bridgehead atoms. The van der Waals surface area contributed by atoms with Crippen LogP contribution >= 0.6 is 0 Å². The van der Waals surface area contributed by atoms with Gasteiger partial charge in [0.15, 0.2) is 6.17 Å². The molecule has 0 spiro atoms. The largest absolute Gasteiger partial charge is 0.457 e. The first-order valence-corrected chi connectivity index (χ1v) is 10.3. The number of halogens is 3. The molecule has 3 aromatic carbocycles. The molecular formula is C26H19F3N2O2. The highest BCUT2D eigenvalue weighted by Crippen LogP contribution is 2.40. The number of hydrogen-bond acceptors (Lipinski definition) is 3. The molecule has 1 amide bonds. The van der Waals surface area contributed by atoms with Crippen LogP contribution in [0.3, 0.4) is 0 Å². The third kappa shape index (κ3) is 3.75. The Labute approximate surface area is 188 Å². The Kier molecular flexibility index (Phi) is 4.96. The lowest BCUT2D eigenvalue weighted by molar-refractivity contribution is -0.137. The van der Waals surface area contributed by atoms with Crippen molar-refractivity contribution >= 4 is 17.3 Å². The molecule has 1 aliphatic rings. The van der Waals surface area contributed by atoms with E-state index in [1.165, 1.54) is 6.07 Å². The number of fused-ring (bicyclic) bond motifs is 1. The van der Waals surface area contributed by atoms with Gasteiger partial charge in [-0.25, -0.2) is 0 Å². The van der Waals surface area contributed by atoms with Crippen LogP contribution in [0, 0.1) is 6.92 Å². The summed E-state index contributed by atoms with van der Waals surface area (Å²) in [6, 6.07) is 23.0. The van der Waals surface area contributed by atoms with Crippen molar-refractivity contribution in [3.05, 3.63) is 107 Å². The summed E-state index contributed by atoms with van der Waals surface area (Å²) in [6.45, 7) is 1.91. The lowest BCUT2D eigenvalue weighted by atomic mass is 10.0. The molecule has 33 heavy (non-hydrogen) atoms. The van der Waals surface area contributed by atoms with Crippen molar-refractivity contribution in [1.82, 2.24) is 0 Å². The average molecular weight is 448 g/mol. The van der Waals surface area contributed by atoms with E-state index in [1.807, 2.05) is 43.3 Å². The lowest BCUT2D eigenvalue weighted by Crippen LogP contribution is -2.43. The van der Waals surface area contributed by atoms with E-state index in [9.17, 15) is 18.0 Å². The van der Waals surface area contributed by atoms with Crippen LogP contribution in [0.4, 0.5) is 24.5 Å². The number of rotatable bonds is 3. The molecule has 1 aliphatic heterocycles. The average Bonchev–Trinajstić information content (AvgIpc) is 3.30. The Bertz CT molecular complexity index is 1340. The molecule has 0 fully saturated rings. The Morgan fingerprint density at radius 3 is 2.45 bits per heavy atom. The number of anilines is 2. The van der Waals surface area contributed by atoms with Gasteiger partial charge in [0.25, 0.3) is 5.91 Å². The van der Waals surface area contributed by atoms with Crippen molar-refractivity contribution < 1.29 is 22.4 Å². The maximum absolute atomic E-state index is 13.5. The second kappa shape index (κ2) is 7.85. The van der Waals surface area contributed by atoms with Gasteiger partial charge in [0.1, 0.15) is 11.5 Å². The minimum Gasteiger partial charge on any atom is -0.457 e. The molecule has 4 aromatic rings. The number of nitrogens with one attached hydrogen (secondary N) is 1. The van der Waals surface area contributed by atoms with Crippen LogP contribution in [0.2, 0.25) is 0 Å². The summed E-state index contributed by atoms with van der Waals surface area (Å²) in [5.41, 5.74) is 2.37. The zero-order valence-electron chi connectivity index (χ0n) is 17.6. The van der Waals surface area contributed by atoms with E-state index in [4.69, 9.17) is 4.42 Å². The summed E-state index contributed by atoms with van der Waals surface area (Å²) < 4.78 is 45.5. The lowest BCUT2D eigenvalue weighted by Gasteiger charge is -2.37. The second-order valence-corrected chi connectivity index (χ2v) is 7.83. The summed E-state index contributed by atoms with van der Waals surface area (Å²) in [7, 11) is 0. The van der Waals surface area contributed by atoms with Crippen LogP contribution in [0.5, 0.6) is 0 Å². The van der Waals surface area contributed by atoms with Crippen molar-refractivity contribution in [2.75, 3.05) is 10.2 Å². The number of amides is 1. The van der Waals surface area contributed by atoms with E-state index < -0.39 is 17.9 Å². The standard InChI is InChI=1S/C26H19F3N2O2/c1-16-7-2-5-12-21(16)31-24(30-20-11-4-3-10-19(20)25(31)32)23-14-13-22(33-23)17-8-6-9-18(15-17)26(27,28)29/h2-15,24,30H,1H3. The fraction of sp³-hybridized carbons (Fsp3) is 0.115. The molecule has 1 unspecified atom stereocenters. The van der Waals surface area contributed by atoms with Gasteiger partial charge in [-0.05, 0) is 55.0 Å². The normalized spacial score (nSPS) is 15.8. The van der Waals surface area contributed by atoms with Gasteiger partial charge in [0.05, 0.1) is 11.1 Å². The second-order valence-electron chi connectivity index (χ2n) is 7.83. The summed E-state index contributed by atoms with van der Waals surface area (Å²) in [5.74, 6) is 0.503. The topological polar surface area (TPSA) is 45.5 Å². The van der Waals surface area contributed by atoms with Gasteiger partial charge < -0.3 is 9.73 Å². The third-order valence-corrected chi connectivity index (χ3v) is 5.67. The molecule has 0 saturated carbocycles. The molecule has 1 aromatic heterocycles. The minimum absolute atomic E-state index is 0.194. The van der Waals surface area contributed by atoms with Crippen LogP contribution in [-0.2, 0) is 6.18 Å². The number of carbonyl (C=O) groups is 1. The SMILES string of the molecule is Cc1ccccc1N1C(=O)c2ccccc2NC1c1ccc(-c2cccc(C(F)(F)F)c2)o1. The summed E-state index contributed by atoms with van der Waals surface area (Å²) in [4.78, 5) is 15.1. The van der Waals surface area contributed by atoms with Gasteiger partial charge in [-0.2, -0.15) is 13.2 Å². The minimum atomic E-state index is -4.45. The van der Waals surface area contributed by atoms with Crippen molar-refractivity contribution in [1.29, 1.82) is 0 Å². The number of alkyl halides is 3. The van der Waals surface area contributed by atoms with E-state index >= 15 is 0 Å². The summed E-state index contributed by atoms with van der Waals surface area (Å²) in [6.07, 6.45) is -5.12. The van der Waals surface area contributed by atoms with Crippen molar-refractivity contribution in [3.8, 4) is 11.3 Å². The highest BCUT2D eigenvalue weighted by atomic mass is 19.4. The molecule has 0 saturated heterocycles. The van der Waals surface area contributed by atoms with Crippen molar-refractivity contribution in [3.63, 3.8) is 0 Å². The monoisotopic (exact) mass is 448 g/mol. The number of aryl methyl sites for hydroxylation is 1. The van der Waals surface area contributed by atoms with Gasteiger partial charge in [-0.15, -0.1) is 0 Å². The van der Waals surface area contributed by atoms with Gasteiger partial charge in [-0.1, -0.05) is 42.5 Å². The Morgan fingerprint density at radius 1 is 0.909 bits per heavy atom. The Balaban J connectivity index is 1.59. The molecule has 1 N–H and O–H groups in total. The van der Waals surface area contributed by atoms with E-state index in [1.54, 1.807) is 35.2 Å². The Hall–Kier alpha value is -4.00. The van der Waals surface area contributed by atoms with Crippen LogP contribution < -0.4 is 10.2 Å². The van der Waals surface area contributed by atoms with E-state index in [2.05, 4.69) is 5.32 Å². The van der Waals surface area contributed by atoms with Gasteiger partial charge in [-0.3, -0.25) is 9.69 Å². The van der Waals surface area contributed by atoms with Crippen LogP contribution in [-0.4, -0.2) is 5.91 Å². The summed E-state index contributed by atoms with van der Waals surface area (Å²) >= 11 is 0. The van der Waals surface area contributed by atoms with Crippen molar-refractivity contribution in [2.45, 2.75) is 19.3 Å². The van der Waals surface area contributed by atoms with Gasteiger partial charge in [0, 0.05) is 16.9 Å². The zero-order valence-corrected chi connectivity index (χ0v) is 17.6. The third-order valence-electron chi connectivity index (χ3n) is 5.67. The molecule has 5 rings (SSSR count). The number of nitrogens with zero attached hydrogens (tertiary/aromatic N) is 1. The molecular weight excluding hydrogens is 429 g/mol. The molecule has 4 nitrogen and oxygen atoms in total. The summed E-state index contributed by atoms with van der Waals surface area (Å²) in [5, 5.41) is 3.35. The Morgan fingerprint density at radius 2 is 1.67 bits per heavy atom. The maximum Gasteiger partial charge on any atom is 0.416 e. The molecule has 1 atom stereocenters. The first-order valence-electron chi connectivity index (χ1n) is 10.3. The molecule has 0 radical (unpaired) electrons. The highest BCUT2D eigenvalue weighted by Gasteiger charge is 2.36. The molecule has 2 heterocycles. The van der Waals surface area contributed by atoms with Crippen LogP contribution in [0.15, 0.2) is 89.3 Å². The fourth-order valence-corrected chi connectivity index (χ4v) is 4.04. The number of para-hydroxylation sites is 2. The quantitative estimate of drug-likeness (QED) is 0.365. The molecule has 166 valence electrons. The van der Waals surface area contributed by atoms with Crippen LogP contribution in [0.1, 0.15) is 33.4 Å². The zero-order chi connectivity index (χ0) is 23.2. The fourth-order valence-electron chi connectivity index (χ4n) is 4.04. The van der Waals surface area contributed by atoms with Crippen molar-refractivity contribution in [2.24, 2.45) is 0 Å². The van der Waals surface area contributed by atoms with Gasteiger partial charge >= 0.3 is 6.18 Å².